The Kier molecular flexibility index (Phi) is 3.73. The van der Waals surface area contributed by atoms with Crippen LogP contribution in [0.2, 0.25) is 0 Å². The molecule has 1 aliphatic rings. The molecule has 0 aliphatic heterocycles. The van der Waals surface area contributed by atoms with Crippen molar-refractivity contribution in [1.82, 2.24) is 10.2 Å². The van der Waals surface area contributed by atoms with Crippen LogP contribution in [0.25, 0.3) is 0 Å². The van der Waals surface area contributed by atoms with E-state index in [4.69, 9.17) is 0 Å². The zero-order valence-corrected chi connectivity index (χ0v) is 11.6. The fourth-order valence-corrected chi connectivity index (χ4v) is 2.84. The first kappa shape index (κ1) is 13.2. The lowest BCUT2D eigenvalue weighted by Gasteiger charge is -2.02. The third kappa shape index (κ3) is 3.39. The van der Waals surface area contributed by atoms with Gasteiger partial charge in [0.1, 0.15) is 10.8 Å². The van der Waals surface area contributed by atoms with Crippen LogP contribution in [0.15, 0.2) is 24.3 Å². The number of nitrogens with one attached hydrogen (secondary N) is 1. The van der Waals surface area contributed by atoms with E-state index in [0.29, 0.717) is 23.9 Å². The van der Waals surface area contributed by atoms with Crippen LogP contribution >= 0.6 is 11.3 Å². The smallest absolute Gasteiger partial charge is 0.226 e. The zero-order valence-electron chi connectivity index (χ0n) is 10.8. The Balaban J connectivity index is 1.51. The molecule has 1 fully saturated rings. The van der Waals surface area contributed by atoms with Gasteiger partial charge in [0.2, 0.25) is 11.0 Å². The maximum absolute atomic E-state index is 13.0. The normalized spacial score (nSPS) is 14.2. The highest BCUT2D eigenvalue weighted by Crippen LogP contribution is 2.42. The summed E-state index contributed by atoms with van der Waals surface area (Å²) < 4.78 is 13.0. The largest absolute Gasteiger partial charge is 0.301 e. The Hall–Kier alpha value is -1.82. The van der Waals surface area contributed by atoms with Crippen molar-refractivity contribution in [2.45, 2.75) is 31.6 Å². The highest BCUT2D eigenvalue weighted by molar-refractivity contribution is 7.15. The molecule has 6 heteroatoms. The van der Waals surface area contributed by atoms with Gasteiger partial charge in [-0.05, 0) is 37.0 Å². The van der Waals surface area contributed by atoms with Gasteiger partial charge in [-0.3, -0.25) is 4.79 Å². The molecule has 1 heterocycles. The maximum Gasteiger partial charge on any atom is 0.226 e. The number of amides is 1. The van der Waals surface area contributed by atoms with Crippen molar-refractivity contribution in [2.24, 2.45) is 0 Å². The number of anilines is 1. The molecule has 1 amide bonds. The van der Waals surface area contributed by atoms with Crippen LogP contribution < -0.4 is 5.32 Å². The molecule has 1 aliphatic carbocycles. The van der Waals surface area contributed by atoms with Gasteiger partial charge >= 0.3 is 0 Å². The number of aromatic nitrogens is 2. The lowest BCUT2D eigenvalue weighted by molar-refractivity contribution is -0.116. The second kappa shape index (κ2) is 5.66. The van der Waals surface area contributed by atoms with Gasteiger partial charge in [0.25, 0.3) is 0 Å². The highest BCUT2D eigenvalue weighted by atomic mass is 32.1. The molecule has 1 N–H and O–H groups in total. The number of halogens is 1. The Morgan fingerprint density at radius 2 is 2.25 bits per heavy atom. The number of carbonyl (C=O) groups excluding carboxylic acids is 1. The summed E-state index contributed by atoms with van der Waals surface area (Å²) in [5.41, 5.74) is 0.816. The third-order valence-electron chi connectivity index (χ3n) is 3.14. The van der Waals surface area contributed by atoms with E-state index < -0.39 is 0 Å². The van der Waals surface area contributed by atoms with Crippen LogP contribution in [-0.4, -0.2) is 16.1 Å². The van der Waals surface area contributed by atoms with Crippen LogP contribution in [0.3, 0.4) is 0 Å². The van der Waals surface area contributed by atoms with Gasteiger partial charge in [-0.2, -0.15) is 0 Å². The van der Waals surface area contributed by atoms with Crippen molar-refractivity contribution >= 4 is 22.4 Å². The first-order valence-corrected chi connectivity index (χ1v) is 7.40. The van der Waals surface area contributed by atoms with Gasteiger partial charge in [-0.15, -0.1) is 10.2 Å². The molecule has 0 unspecified atom stereocenters. The highest BCUT2D eigenvalue weighted by Gasteiger charge is 2.27. The fraction of sp³-hybridized carbons (Fsp3) is 0.357. The van der Waals surface area contributed by atoms with Crippen molar-refractivity contribution in [1.29, 1.82) is 0 Å². The quantitative estimate of drug-likeness (QED) is 0.920. The zero-order chi connectivity index (χ0) is 13.9. The minimum Gasteiger partial charge on any atom is -0.301 e. The van der Waals surface area contributed by atoms with E-state index >= 15 is 0 Å². The van der Waals surface area contributed by atoms with E-state index in [1.165, 1.54) is 36.3 Å². The molecule has 0 saturated heterocycles. The second-order valence-electron chi connectivity index (χ2n) is 4.90. The van der Waals surface area contributed by atoms with E-state index in [0.717, 1.165) is 10.6 Å². The van der Waals surface area contributed by atoms with Gasteiger partial charge in [0, 0.05) is 12.3 Å². The molecule has 104 valence electrons. The minimum absolute atomic E-state index is 0.118. The molecular weight excluding hydrogens is 277 g/mol. The number of rotatable bonds is 5. The van der Waals surface area contributed by atoms with E-state index in [2.05, 4.69) is 15.5 Å². The second-order valence-corrected chi connectivity index (χ2v) is 5.91. The molecule has 0 radical (unpaired) electrons. The summed E-state index contributed by atoms with van der Waals surface area (Å²) in [5.74, 6) is 0.152. The van der Waals surface area contributed by atoms with E-state index in [1.54, 1.807) is 6.07 Å². The van der Waals surface area contributed by atoms with Gasteiger partial charge in [0.15, 0.2) is 0 Å². The lowest BCUT2D eigenvalue weighted by atomic mass is 10.1. The van der Waals surface area contributed by atoms with Gasteiger partial charge in [-0.25, -0.2) is 4.39 Å². The predicted molar refractivity (Wildman–Crippen MR) is 75.2 cm³/mol. The van der Waals surface area contributed by atoms with Gasteiger partial charge in [0.05, 0.1) is 0 Å². The summed E-state index contributed by atoms with van der Waals surface area (Å²) in [6, 6.07) is 6.30. The topological polar surface area (TPSA) is 54.9 Å². The van der Waals surface area contributed by atoms with Crippen LogP contribution in [0.4, 0.5) is 9.52 Å². The number of nitrogens with zero attached hydrogens (tertiary/aromatic N) is 2. The number of aryl methyl sites for hydroxylation is 1. The number of hydrogen-bond acceptors (Lipinski definition) is 4. The van der Waals surface area contributed by atoms with Crippen LogP contribution in [0.5, 0.6) is 0 Å². The summed E-state index contributed by atoms with van der Waals surface area (Å²) in [6.07, 6.45) is 3.16. The summed E-state index contributed by atoms with van der Waals surface area (Å²) in [7, 11) is 0. The van der Waals surface area contributed by atoms with Gasteiger partial charge in [-0.1, -0.05) is 23.5 Å². The third-order valence-corrected chi connectivity index (χ3v) is 4.14. The van der Waals surface area contributed by atoms with E-state index in [1.807, 2.05) is 6.07 Å². The first-order chi connectivity index (χ1) is 9.70. The Morgan fingerprint density at radius 1 is 1.40 bits per heavy atom. The molecule has 1 aromatic carbocycles. The molecule has 0 bridgehead atoms. The molecule has 3 rings (SSSR count). The van der Waals surface area contributed by atoms with E-state index in [-0.39, 0.29) is 11.7 Å². The summed E-state index contributed by atoms with van der Waals surface area (Å²) in [6.45, 7) is 0. The average Bonchev–Trinajstić information content (AvgIpc) is 3.18. The van der Waals surface area contributed by atoms with Crippen molar-refractivity contribution < 1.29 is 9.18 Å². The monoisotopic (exact) mass is 291 g/mol. The Labute approximate surface area is 120 Å². The average molecular weight is 291 g/mol. The van der Waals surface area contributed by atoms with Crippen molar-refractivity contribution in [3.8, 4) is 0 Å². The standard InChI is InChI=1S/C14H14FN3OS/c15-11-3-1-2-9(8-11)4-7-12(19)16-14-18-17-13(20-14)10-5-6-10/h1-3,8,10H,4-7H2,(H,16,18,19). The SMILES string of the molecule is O=C(CCc1cccc(F)c1)Nc1nnc(C2CC2)s1. The molecule has 0 spiro atoms. The van der Waals surface area contributed by atoms with Crippen LogP contribution in [0.1, 0.15) is 35.8 Å². The fourth-order valence-electron chi connectivity index (χ4n) is 1.91. The molecule has 4 nitrogen and oxygen atoms in total. The van der Waals surface area contributed by atoms with Crippen molar-refractivity contribution in [2.75, 3.05) is 5.32 Å². The summed E-state index contributed by atoms with van der Waals surface area (Å²) >= 11 is 1.44. The Bertz CT molecular complexity index is 624. The predicted octanol–water partition coefficient (Wildman–Crippen LogP) is 3.13. The maximum atomic E-state index is 13.0. The van der Waals surface area contributed by atoms with Crippen LogP contribution in [0, 0.1) is 5.82 Å². The summed E-state index contributed by atoms with van der Waals surface area (Å²) in [5, 5.41) is 12.3. The molecule has 20 heavy (non-hydrogen) atoms. The van der Waals surface area contributed by atoms with Crippen LogP contribution in [-0.2, 0) is 11.2 Å². The minimum atomic E-state index is -0.277. The first-order valence-electron chi connectivity index (χ1n) is 6.58. The van der Waals surface area contributed by atoms with Crippen molar-refractivity contribution in [3.05, 3.63) is 40.7 Å². The summed E-state index contributed by atoms with van der Waals surface area (Å²) in [4.78, 5) is 11.8. The molecular formula is C14H14FN3OS. The molecule has 0 atom stereocenters. The molecule has 1 aromatic heterocycles. The number of carbonyl (C=O) groups is 1. The molecule has 2 aromatic rings. The van der Waals surface area contributed by atoms with E-state index in [9.17, 15) is 9.18 Å². The lowest BCUT2D eigenvalue weighted by Crippen LogP contribution is -2.12. The Morgan fingerprint density at radius 3 is 3.00 bits per heavy atom. The van der Waals surface area contributed by atoms with Crippen molar-refractivity contribution in [3.63, 3.8) is 0 Å². The van der Waals surface area contributed by atoms with Gasteiger partial charge < -0.3 is 5.32 Å². The number of hydrogen-bond donors (Lipinski definition) is 1. The number of benzene rings is 1. The molecule has 1 saturated carbocycles.